The van der Waals surface area contributed by atoms with Gasteiger partial charge in [-0.2, -0.15) is 0 Å². The molecule has 2 atom stereocenters. The van der Waals surface area contributed by atoms with Crippen LogP contribution >= 0.6 is 0 Å². The number of carboxylic acids is 1. The molecule has 6 nitrogen and oxygen atoms in total. The summed E-state index contributed by atoms with van der Waals surface area (Å²) in [6.45, 7) is 2.01. The molecule has 0 heterocycles. The number of hydrogen-bond donors (Lipinski definition) is 2. The highest BCUT2D eigenvalue weighted by molar-refractivity contribution is 5.82. The maximum absolute atomic E-state index is 11.8. The second kappa shape index (κ2) is 8.55. The highest BCUT2D eigenvalue weighted by Crippen LogP contribution is 2.24. The van der Waals surface area contributed by atoms with Gasteiger partial charge in [-0.05, 0) is 19.8 Å². The number of aliphatic carboxylic acids is 1. The van der Waals surface area contributed by atoms with Gasteiger partial charge in [0.25, 0.3) is 0 Å². The number of ether oxygens (including phenoxy) is 1. The Bertz CT molecular complexity index is 355. The van der Waals surface area contributed by atoms with Gasteiger partial charge in [-0.25, -0.2) is 0 Å². The van der Waals surface area contributed by atoms with Crippen molar-refractivity contribution < 1.29 is 24.2 Å². The minimum Gasteiger partial charge on any atom is -0.481 e. The van der Waals surface area contributed by atoms with Crippen molar-refractivity contribution in [1.29, 1.82) is 0 Å². The van der Waals surface area contributed by atoms with Crippen LogP contribution in [-0.2, 0) is 19.1 Å². The van der Waals surface area contributed by atoms with E-state index in [1.807, 2.05) is 0 Å². The Labute approximate surface area is 118 Å². The van der Waals surface area contributed by atoms with Gasteiger partial charge in [0.2, 0.25) is 5.91 Å². The van der Waals surface area contributed by atoms with Crippen LogP contribution < -0.4 is 5.32 Å². The molecule has 0 aromatic rings. The zero-order valence-corrected chi connectivity index (χ0v) is 11.9. The first kappa shape index (κ1) is 16.5. The summed E-state index contributed by atoms with van der Waals surface area (Å²) in [5.74, 6) is -2.07. The summed E-state index contributed by atoms with van der Waals surface area (Å²) >= 11 is 0. The predicted molar refractivity (Wildman–Crippen MR) is 72.0 cm³/mol. The van der Waals surface area contributed by atoms with E-state index in [-0.39, 0.29) is 24.8 Å². The van der Waals surface area contributed by atoms with E-state index in [0.29, 0.717) is 19.4 Å². The molecule has 1 aliphatic rings. The van der Waals surface area contributed by atoms with Crippen LogP contribution in [0.25, 0.3) is 0 Å². The van der Waals surface area contributed by atoms with Crippen LogP contribution in [0.15, 0.2) is 0 Å². The third-order valence-electron chi connectivity index (χ3n) is 3.54. The van der Waals surface area contributed by atoms with Gasteiger partial charge >= 0.3 is 11.9 Å². The molecule has 0 radical (unpaired) electrons. The Kier molecular flexibility index (Phi) is 7.04. The molecular weight excluding hydrogens is 262 g/mol. The average Bonchev–Trinajstić information content (AvgIpc) is 2.62. The summed E-state index contributed by atoms with van der Waals surface area (Å²) in [7, 11) is 0. The van der Waals surface area contributed by atoms with Crippen LogP contribution in [-0.4, -0.2) is 35.6 Å². The monoisotopic (exact) mass is 285 g/mol. The number of rotatable bonds is 6. The highest BCUT2D eigenvalue weighted by atomic mass is 16.5. The first-order chi connectivity index (χ1) is 9.54. The van der Waals surface area contributed by atoms with Crippen molar-refractivity contribution in [2.75, 3.05) is 6.61 Å². The van der Waals surface area contributed by atoms with E-state index >= 15 is 0 Å². The second-order valence-corrected chi connectivity index (χ2v) is 5.06. The molecule has 1 amide bonds. The van der Waals surface area contributed by atoms with Gasteiger partial charge in [-0.1, -0.05) is 19.3 Å². The van der Waals surface area contributed by atoms with Crippen molar-refractivity contribution in [2.24, 2.45) is 5.92 Å². The standard InChI is InChI=1S/C14H23NO5/c1-2-20-13(17)9-8-12(16)15-11-7-5-3-4-6-10(11)14(18)19/h10-11H,2-9H2,1H3,(H,15,16)(H,18,19). The van der Waals surface area contributed by atoms with Gasteiger partial charge in [0.05, 0.1) is 18.9 Å². The fraction of sp³-hybridized carbons (Fsp3) is 0.786. The number of esters is 1. The molecule has 0 bridgehead atoms. The van der Waals surface area contributed by atoms with Gasteiger partial charge in [-0.3, -0.25) is 14.4 Å². The lowest BCUT2D eigenvalue weighted by atomic mass is 9.94. The van der Waals surface area contributed by atoms with Crippen LogP contribution in [0, 0.1) is 5.92 Å². The largest absolute Gasteiger partial charge is 0.481 e. The molecule has 2 N–H and O–H groups in total. The zero-order chi connectivity index (χ0) is 15.0. The van der Waals surface area contributed by atoms with Gasteiger partial charge in [0.15, 0.2) is 0 Å². The first-order valence-electron chi connectivity index (χ1n) is 7.22. The Morgan fingerprint density at radius 2 is 1.85 bits per heavy atom. The molecule has 0 aliphatic heterocycles. The number of carbonyl (C=O) groups excluding carboxylic acids is 2. The lowest BCUT2D eigenvalue weighted by Crippen LogP contribution is -2.42. The average molecular weight is 285 g/mol. The Balaban J connectivity index is 2.44. The fourth-order valence-corrected chi connectivity index (χ4v) is 2.50. The minimum atomic E-state index is -0.859. The van der Waals surface area contributed by atoms with Crippen molar-refractivity contribution in [3.8, 4) is 0 Å². The van der Waals surface area contributed by atoms with Crippen molar-refractivity contribution in [3.05, 3.63) is 0 Å². The number of nitrogens with one attached hydrogen (secondary N) is 1. The number of carboxylic acid groups (broad SMARTS) is 1. The first-order valence-corrected chi connectivity index (χ1v) is 7.22. The molecule has 0 aromatic carbocycles. The quantitative estimate of drug-likeness (QED) is 0.569. The minimum absolute atomic E-state index is 0.0319. The van der Waals surface area contributed by atoms with E-state index in [0.717, 1.165) is 19.3 Å². The van der Waals surface area contributed by atoms with Crippen molar-refractivity contribution >= 4 is 17.8 Å². The SMILES string of the molecule is CCOC(=O)CCC(=O)NC1CCCCCC1C(=O)O. The zero-order valence-electron chi connectivity index (χ0n) is 11.9. The number of amides is 1. The third-order valence-corrected chi connectivity index (χ3v) is 3.54. The summed E-state index contributed by atoms with van der Waals surface area (Å²) in [5, 5.41) is 12.0. The van der Waals surface area contributed by atoms with Gasteiger partial charge in [-0.15, -0.1) is 0 Å². The molecule has 1 rings (SSSR count). The molecule has 2 unspecified atom stereocenters. The molecule has 114 valence electrons. The normalized spacial score (nSPS) is 22.6. The molecular formula is C14H23NO5. The summed E-state index contributed by atoms with van der Waals surface area (Å²) in [4.78, 5) is 34.2. The molecule has 1 aliphatic carbocycles. The fourth-order valence-electron chi connectivity index (χ4n) is 2.50. The van der Waals surface area contributed by atoms with E-state index in [4.69, 9.17) is 4.74 Å². The summed E-state index contributed by atoms with van der Waals surface area (Å²) < 4.78 is 4.75. The third kappa shape index (κ3) is 5.59. The molecule has 1 fully saturated rings. The van der Waals surface area contributed by atoms with E-state index in [9.17, 15) is 19.5 Å². The van der Waals surface area contributed by atoms with Gasteiger partial charge < -0.3 is 15.2 Å². The molecule has 0 spiro atoms. The summed E-state index contributed by atoms with van der Waals surface area (Å²) in [5.41, 5.74) is 0. The van der Waals surface area contributed by atoms with Crippen LogP contribution in [0.5, 0.6) is 0 Å². The second-order valence-electron chi connectivity index (χ2n) is 5.06. The predicted octanol–water partition coefficient (Wildman–Crippen LogP) is 1.48. The van der Waals surface area contributed by atoms with Crippen molar-refractivity contribution in [1.82, 2.24) is 5.32 Å². The molecule has 1 saturated carbocycles. The number of carbonyl (C=O) groups is 3. The van der Waals surface area contributed by atoms with E-state index in [1.165, 1.54) is 0 Å². The van der Waals surface area contributed by atoms with Gasteiger partial charge in [0, 0.05) is 12.5 Å². The highest BCUT2D eigenvalue weighted by Gasteiger charge is 2.30. The smallest absolute Gasteiger partial charge is 0.308 e. The Morgan fingerprint density at radius 1 is 1.15 bits per heavy atom. The van der Waals surface area contributed by atoms with Crippen LogP contribution in [0.4, 0.5) is 0 Å². The topological polar surface area (TPSA) is 92.7 Å². The van der Waals surface area contributed by atoms with Crippen LogP contribution in [0.2, 0.25) is 0 Å². The molecule has 0 saturated heterocycles. The lowest BCUT2D eigenvalue weighted by molar-refractivity contribution is -0.145. The van der Waals surface area contributed by atoms with Crippen molar-refractivity contribution in [2.45, 2.75) is 57.9 Å². The summed E-state index contributed by atoms with van der Waals surface area (Å²) in [6, 6.07) is -0.329. The molecule has 20 heavy (non-hydrogen) atoms. The maximum atomic E-state index is 11.8. The van der Waals surface area contributed by atoms with Crippen LogP contribution in [0.3, 0.4) is 0 Å². The lowest BCUT2D eigenvalue weighted by Gasteiger charge is -2.22. The van der Waals surface area contributed by atoms with E-state index in [1.54, 1.807) is 6.92 Å². The summed E-state index contributed by atoms with van der Waals surface area (Å²) in [6.07, 6.45) is 4.16. The Hall–Kier alpha value is -1.59. The van der Waals surface area contributed by atoms with Crippen molar-refractivity contribution in [3.63, 3.8) is 0 Å². The Morgan fingerprint density at radius 3 is 2.50 bits per heavy atom. The van der Waals surface area contributed by atoms with E-state index in [2.05, 4.69) is 5.32 Å². The maximum Gasteiger partial charge on any atom is 0.308 e. The molecule has 0 aromatic heterocycles. The molecule has 6 heteroatoms. The van der Waals surface area contributed by atoms with E-state index < -0.39 is 17.9 Å². The number of hydrogen-bond acceptors (Lipinski definition) is 4. The van der Waals surface area contributed by atoms with Crippen LogP contribution in [0.1, 0.15) is 51.9 Å². The van der Waals surface area contributed by atoms with Gasteiger partial charge in [0.1, 0.15) is 0 Å².